The molecule has 0 N–H and O–H groups in total. The molecule has 0 bridgehead atoms. The van der Waals surface area contributed by atoms with Gasteiger partial charge in [0.05, 0.1) is 18.9 Å². The number of nitrogens with zero attached hydrogens (tertiary/aromatic N) is 3. The highest BCUT2D eigenvalue weighted by molar-refractivity contribution is 9.09. The monoisotopic (exact) mass is 315 g/mol. The van der Waals surface area contributed by atoms with Crippen molar-refractivity contribution in [3.05, 3.63) is 18.0 Å². The fourth-order valence-electron chi connectivity index (χ4n) is 2.14. The van der Waals surface area contributed by atoms with Gasteiger partial charge in [-0.1, -0.05) is 22.9 Å². The molecule has 0 amide bonds. The fourth-order valence-corrected chi connectivity index (χ4v) is 2.74. The molecule has 2 atom stereocenters. The van der Waals surface area contributed by atoms with E-state index in [-0.39, 0.29) is 0 Å². The maximum absolute atomic E-state index is 5.50. The molecule has 0 aliphatic carbocycles. The number of rotatable bonds is 5. The van der Waals surface area contributed by atoms with Crippen LogP contribution in [-0.2, 0) is 11.3 Å². The second kappa shape index (κ2) is 6.68. The molecule has 1 aliphatic heterocycles. The minimum absolute atomic E-state index is 0.465. The molecule has 0 spiro atoms. The lowest BCUT2D eigenvalue weighted by molar-refractivity contribution is -0.00276. The second-order valence-corrected chi connectivity index (χ2v) is 5.55. The number of aromatic nitrogens is 2. The van der Waals surface area contributed by atoms with Crippen molar-refractivity contribution in [2.45, 2.75) is 38.9 Å². The number of hydrogen-bond donors (Lipinski definition) is 0. The fraction of sp³-hybridized carbons (Fsp3) is 0.769. The molecule has 1 aromatic heterocycles. The summed E-state index contributed by atoms with van der Waals surface area (Å²) in [6.07, 6.45) is 3.20. The highest BCUT2D eigenvalue weighted by atomic mass is 79.9. The predicted molar refractivity (Wildman–Crippen MR) is 76.0 cm³/mol. The van der Waals surface area contributed by atoms with Gasteiger partial charge in [-0.25, -0.2) is 0 Å². The summed E-state index contributed by atoms with van der Waals surface area (Å²) in [5.41, 5.74) is 1.16. The average Bonchev–Trinajstić information content (AvgIpc) is 2.87. The van der Waals surface area contributed by atoms with Crippen molar-refractivity contribution in [3.63, 3.8) is 0 Å². The van der Waals surface area contributed by atoms with E-state index in [1.165, 1.54) is 0 Å². The normalized spacial score (nSPS) is 23.2. The van der Waals surface area contributed by atoms with Gasteiger partial charge in [0.15, 0.2) is 0 Å². The number of hydrogen-bond acceptors (Lipinski definition) is 3. The Morgan fingerprint density at radius 2 is 2.44 bits per heavy atom. The maximum atomic E-state index is 5.50. The number of ether oxygens (including phenoxy) is 1. The Hall–Kier alpha value is -0.390. The van der Waals surface area contributed by atoms with Crippen LogP contribution in [0, 0.1) is 0 Å². The van der Waals surface area contributed by atoms with Crippen molar-refractivity contribution in [1.82, 2.24) is 14.7 Å². The van der Waals surface area contributed by atoms with E-state index in [1.54, 1.807) is 0 Å². The summed E-state index contributed by atoms with van der Waals surface area (Å²) in [6, 6.07) is 3.08. The van der Waals surface area contributed by atoms with E-state index in [1.807, 2.05) is 0 Å². The zero-order valence-corrected chi connectivity index (χ0v) is 12.8. The summed E-state index contributed by atoms with van der Waals surface area (Å²) in [7, 11) is 0. The van der Waals surface area contributed by atoms with Gasteiger partial charge in [-0.3, -0.25) is 9.58 Å². The van der Waals surface area contributed by atoms with Crippen LogP contribution in [-0.4, -0.2) is 45.8 Å². The van der Waals surface area contributed by atoms with E-state index in [2.05, 4.69) is 56.7 Å². The molecule has 2 heterocycles. The van der Waals surface area contributed by atoms with E-state index >= 15 is 0 Å². The Morgan fingerprint density at radius 3 is 3.17 bits per heavy atom. The average molecular weight is 316 g/mol. The molecular formula is C13H22BrN3O. The molecule has 1 aromatic rings. The SMILES string of the molecule is CCC(C)n1ccc(CN2CCOCC2CBr)n1. The third-order valence-corrected chi connectivity index (χ3v) is 4.35. The van der Waals surface area contributed by atoms with Crippen LogP contribution >= 0.6 is 15.9 Å². The van der Waals surface area contributed by atoms with E-state index in [0.29, 0.717) is 12.1 Å². The van der Waals surface area contributed by atoms with E-state index < -0.39 is 0 Å². The van der Waals surface area contributed by atoms with Crippen LogP contribution in [0.25, 0.3) is 0 Å². The van der Waals surface area contributed by atoms with Gasteiger partial charge in [-0.2, -0.15) is 5.10 Å². The molecule has 0 radical (unpaired) electrons. The van der Waals surface area contributed by atoms with Gasteiger partial charge in [0, 0.05) is 36.7 Å². The van der Waals surface area contributed by atoms with Crippen molar-refractivity contribution < 1.29 is 4.74 Å². The third kappa shape index (κ3) is 3.33. The zero-order chi connectivity index (χ0) is 13.0. The lowest BCUT2D eigenvalue weighted by Crippen LogP contribution is -2.45. The lowest BCUT2D eigenvalue weighted by atomic mass is 10.2. The van der Waals surface area contributed by atoms with Gasteiger partial charge < -0.3 is 4.74 Å². The highest BCUT2D eigenvalue weighted by Gasteiger charge is 2.22. The molecule has 1 fully saturated rings. The molecule has 18 heavy (non-hydrogen) atoms. The quantitative estimate of drug-likeness (QED) is 0.782. The Kier molecular flexibility index (Phi) is 5.21. The second-order valence-electron chi connectivity index (χ2n) is 4.90. The summed E-state index contributed by atoms with van der Waals surface area (Å²) < 4.78 is 7.57. The zero-order valence-electron chi connectivity index (χ0n) is 11.2. The Balaban J connectivity index is 1.97. The Morgan fingerprint density at radius 1 is 1.61 bits per heavy atom. The molecule has 2 unspecified atom stereocenters. The summed E-state index contributed by atoms with van der Waals surface area (Å²) >= 11 is 3.56. The predicted octanol–water partition coefficient (Wildman–Crippen LogP) is 2.45. The number of morpholine rings is 1. The summed E-state index contributed by atoms with van der Waals surface area (Å²) in [5.74, 6) is 0. The van der Waals surface area contributed by atoms with Crippen LogP contribution in [0.3, 0.4) is 0 Å². The van der Waals surface area contributed by atoms with Crippen LogP contribution < -0.4 is 0 Å². The first kappa shape index (κ1) is 14.0. The first-order chi connectivity index (χ1) is 8.74. The van der Waals surface area contributed by atoms with Crippen molar-refractivity contribution >= 4 is 15.9 Å². The highest BCUT2D eigenvalue weighted by Crippen LogP contribution is 2.15. The van der Waals surface area contributed by atoms with Gasteiger partial charge in [0.2, 0.25) is 0 Å². The van der Waals surface area contributed by atoms with Gasteiger partial charge in [-0.15, -0.1) is 0 Å². The molecule has 0 saturated carbocycles. The van der Waals surface area contributed by atoms with Crippen LogP contribution in [0.4, 0.5) is 0 Å². The van der Waals surface area contributed by atoms with Crippen LogP contribution in [0.1, 0.15) is 32.0 Å². The molecule has 2 rings (SSSR count). The summed E-state index contributed by atoms with van der Waals surface area (Å²) in [4.78, 5) is 2.45. The first-order valence-electron chi connectivity index (χ1n) is 6.66. The van der Waals surface area contributed by atoms with E-state index in [0.717, 1.165) is 43.7 Å². The lowest BCUT2D eigenvalue weighted by Gasteiger charge is -2.33. The maximum Gasteiger partial charge on any atom is 0.0765 e. The molecular weight excluding hydrogens is 294 g/mol. The van der Waals surface area contributed by atoms with Gasteiger partial charge in [0.25, 0.3) is 0 Å². The minimum Gasteiger partial charge on any atom is -0.378 e. The summed E-state index contributed by atoms with van der Waals surface area (Å²) in [6.45, 7) is 7.95. The van der Waals surface area contributed by atoms with Gasteiger partial charge >= 0.3 is 0 Å². The topological polar surface area (TPSA) is 30.3 Å². The van der Waals surface area contributed by atoms with Gasteiger partial charge in [0.1, 0.15) is 0 Å². The largest absolute Gasteiger partial charge is 0.378 e. The van der Waals surface area contributed by atoms with E-state index in [9.17, 15) is 0 Å². The number of halogens is 1. The molecule has 102 valence electrons. The molecule has 0 aromatic carbocycles. The smallest absolute Gasteiger partial charge is 0.0765 e. The van der Waals surface area contributed by atoms with Gasteiger partial charge in [-0.05, 0) is 19.4 Å². The standard InChI is InChI=1S/C13H22BrN3O/c1-3-11(2)17-5-4-12(15-17)9-16-6-7-18-10-13(16)8-14/h4-5,11,13H,3,6-10H2,1-2H3. The third-order valence-electron chi connectivity index (χ3n) is 3.60. The first-order valence-corrected chi connectivity index (χ1v) is 7.78. The van der Waals surface area contributed by atoms with Crippen molar-refractivity contribution in [3.8, 4) is 0 Å². The van der Waals surface area contributed by atoms with Crippen LogP contribution in [0.2, 0.25) is 0 Å². The molecule has 4 nitrogen and oxygen atoms in total. The molecule has 1 saturated heterocycles. The number of alkyl halides is 1. The summed E-state index contributed by atoms with van der Waals surface area (Å²) in [5, 5.41) is 5.62. The van der Waals surface area contributed by atoms with E-state index in [4.69, 9.17) is 4.74 Å². The Labute approximate surface area is 117 Å². The van der Waals surface area contributed by atoms with Crippen LogP contribution in [0.5, 0.6) is 0 Å². The van der Waals surface area contributed by atoms with Crippen molar-refractivity contribution in [1.29, 1.82) is 0 Å². The minimum atomic E-state index is 0.465. The Bertz CT molecular complexity index is 369. The van der Waals surface area contributed by atoms with Crippen LogP contribution in [0.15, 0.2) is 12.3 Å². The van der Waals surface area contributed by atoms with Crippen molar-refractivity contribution in [2.24, 2.45) is 0 Å². The molecule has 1 aliphatic rings. The molecule has 5 heteroatoms. The van der Waals surface area contributed by atoms with Crippen molar-refractivity contribution in [2.75, 3.05) is 25.1 Å².